The van der Waals surface area contributed by atoms with Crippen molar-refractivity contribution in [3.8, 4) is 5.75 Å². The normalized spacial score (nSPS) is 16.6. The van der Waals surface area contributed by atoms with Crippen LogP contribution in [0.15, 0.2) is 42.6 Å². The van der Waals surface area contributed by atoms with Crippen LogP contribution in [0.2, 0.25) is 0 Å². The lowest BCUT2D eigenvalue weighted by Crippen LogP contribution is -2.34. The van der Waals surface area contributed by atoms with Gasteiger partial charge in [-0.1, -0.05) is 6.07 Å². The lowest BCUT2D eigenvalue weighted by molar-refractivity contribution is 0.250. The van der Waals surface area contributed by atoms with Crippen LogP contribution in [0.3, 0.4) is 0 Å². The Morgan fingerprint density at radius 2 is 2.26 bits per heavy atom. The fourth-order valence-electron chi connectivity index (χ4n) is 3.07. The third-order valence-electron chi connectivity index (χ3n) is 4.53. The number of amides is 2. The first-order valence-corrected chi connectivity index (χ1v) is 9.28. The largest absolute Gasteiger partial charge is 0.484 e. The second-order valence-corrected chi connectivity index (χ2v) is 6.64. The average molecular weight is 372 g/mol. The first kappa shape index (κ1) is 19.1. The van der Waals surface area contributed by atoms with Crippen molar-refractivity contribution in [3.05, 3.63) is 54.1 Å². The molecular formula is C20H25FN4O2. The fourth-order valence-corrected chi connectivity index (χ4v) is 3.07. The molecule has 1 unspecified atom stereocenters. The highest BCUT2D eigenvalue weighted by atomic mass is 19.1. The van der Waals surface area contributed by atoms with Gasteiger partial charge in [0.2, 0.25) is 0 Å². The van der Waals surface area contributed by atoms with Gasteiger partial charge in [0.05, 0.1) is 5.69 Å². The van der Waals surface area contributed by atoms with Crippen LogP contribution in [0, 0.1) is 11.7 Å². The topological polar surface area (TPSA) is 75.3 Å². The van der Waals surface area contributed by atoms with Crippen molar-refractivity contribution in [3.63, 3.8) is 0 Å². The molecule has 1 aromatic heterocycles. The molecule has 3 rings (SSSR count). The number of ether oxygens (including phenoxy) is 1. The van der Waals surface area contributed by atoms with E-state index in [1.54, 1.807) is 12.3 Å². The van der Waals surface area contributed by atoms with E-state index in [9.17, 15) is 9.18 Å². The number of urea groups is 1. The van der Waals surface area contributed by atoms with Gasteiger partial charge in [0.15, 0.2) is 11.6 Å². The van der Waals surface area contributed by atoms with Crippen molar-refractivity contribution in [1.29, 1.82) is 0 Å². The molecular weight excluding hydrogens is 347 g/mol. The van der Waals surface area contributed by atoms with Crippen molar-refractivity contribution >= 4 is 11.7 Å². The summed E-state index contributed by atoms with van der Waals surface area (Å²) in [6.07, 6.45) is 4.98. The minimum absolute atomic E-state index is 0.122. The summed E-state index contributed by atoms with van der Waals surface area (Å²) in [5.41, 5.74) is 1.10. The quantitative estimate of drug-likeness (QED) is 0.697. The first-order valence-electron chi connectivity index (χ1n) is 9.28. The van der Waals surface area contributed by atoms with E-state index in [1.807, 2.05) is 18.2 Å². The second-order valence-electron chi connectivity index (χ2n) is 6.64. The van der Waals surface area contributed by atoms with E-state index in [0.29, 0.717) is 23.8 Å². The maximum absolute atomic E-state index is 14.2. The summed E-state index contributed by atoms with van der Waals surface area (Å²) in [4.78, 5) is 16.1. The van der Waals surface area contributed by atoms with E-state index in [4.69, 9.17) is 4.74 Å². The summed E-state index contributed by atoms with van der Waals surface area (Å²) in [7, 11) is 0. The molecule has 1 aliphatic rings. The van der Waals surface area contributed by atoms with Crippen LogP contribution in [0.4, 0.5) is 14.9 Å². The van der Waals surface area contributed by atoms with Gasteiger partial charge >= 0.3 is 6.03 Å². The molecule has 1 aromatic carbocycles. The molecule has 6 nitrogen and oxygen atoms in total. The molecule has 0 saturated carbocycles. The molecule has 1 saturated heterocycles. The van der Waals surface area contributed by atoms with Crippen molar-refractivity contribution in [2.24, 2.45) is 5.92 Å². The lowest BCUT2D eigenvalue weighted by atomic mass is 9.96. The minimum Gasteiger partial charge on any atom is -0.484 e. The van der Waals surface area contributed by atoms with Gasteiger partial charge in [0.25, 0.3) is 0 Å². The number of nitrogens with one attached hydrogen (secondary N) is 3. The molecule has 2 amide bonds. The number of carbonyl (C=O) groups excluding carboxylic acids is 1. The standard InChI is InChI=1S/C20H25FN4O2/c21-18-12-16(6-7-19(18)27-14-17-5-1-2-10-23-17)25-20(26)24-11-8-15-4-3-9-22-13-15/h1-2,5-7,10,12,15,22H,3-4,8-9,11,13-14H2,(H2,24,25,26). The maximum atomic E-state index is 14.2. The van der Waals surface area contributed by atoms with Gasteiger partial charge in [-0.05, 0) is 62.5 Å². The molecule has 1 aliphatic heterocycles. The van der Waals surface area contributed by atoms with Crippen molar-refractivity contribution < 1.29 is 13.9 Å². The number of piperidine rings is 1. The molecule has 2 aromatic rings. The highest BCUT2D eigenvalue weighted by molar-refractivity contribution is 5.89. The number of halogens is 1. The zero-order chi connectivity index (χ0) is 18.9. The van der Waals surface area contributed by atoms with E-state index in [0.717, 1.165) is 19.5 Å². The van der Waals surface area contributed by atoms with Crippen LogP contribution < -0.4 is 20.7 Å². The van der Waals surface area contributed by atoms with E-state index < -0.39 is 5.82 Å². The summed E-state index contributed by atoms with van der Waals surface area (Å²) >= 11 is 0. The zero-order valence-electron chi connectivity index (χ0n) is 15.2. The molecule has 7 heteroatoms. The first-order chi connectivity index (χ1) is 13.2. The van der Waals surface area contributed by atoms with Gasteiger partial charge in [-0.25, -0.2) is 9.18 Å². The van der Waals surface area contributed by atoms with Gasteiger partial charge in [-0.3, -0.25) is 4.98 Å². The SMILES string of the molecule is O=C(NCCC1CCCNC1)Nc1ccc(OCc2ccccn2)c(F)c1. The Morgan fingerprint density at radius 3 is 3.00 bits per heavy atom. The lowest BCUT2D eigenvalue weighted by Gasteiger charge is -2.22. The molecule has 0 bridgehead atoms. The van der Waals surface area contributed by atoms with Crippen molar-refractivity contribution in [2.75, 3.05) is 25.0 Å². The molecule has 0 aliphatic carbocycles. The Hall–Kier alpha value is -2.67. The fraction of sp³-hybridized carbons (Fsp3) is 0.400. The Morgan fingerprint density at radius 1 is 1.33 bits per heavy atom. The zero-order valence-corrected chi connectivity index (χ0v) is 15.2. The number of rotatable bonds is 7. The monoisotopic (exact) mass is 372 g/mol. The van der Waals surface area contributed by atoms with Gasteiger partial charge in [-0.2, -0.15) is 0 Å². The van der Waals surface area contributed by atoms with Crippen molar-refractivity contribution in [2.45, 2.75) is 25.9 Å². The molecule has 144 valence electrons. The van der Waals surface area contributed by atoms with Crippen LogP contribution in [-0.4, -0.2) is 30.6 Å². The number of benzene rings is 1. The van der Waals surface area contributed by atoms with Crippen LogP contribution >= 0.6 is 0 Å². The van der Waals surface area contributed by atoms with Crippen LogP contribution in [0.25, 0.3) is 0 Å². The van der Waals surface area contributed by atoms with Gasteiger partial charge in [0, 0.05) is 24.5 Å². The predicted octanol–water partition coefficient (Wildman–Crippen LogP) is 3.31. The molecule has 3 N–H and O–H groups in total. The van der Waals surface area contributed by atoms with Crippen LogP contribution in [0.1, 0.15) is 25.0 Å². The maximum Gasteiger partial charge on any atom is 0.319 e. The summed E-state index contributed by atoms with van der Waals surface area (Å²) in [6.45, 7) is 2.87. The Labute approximate surface area is 158 Å². The number of hydrogen-bond acceptors (Lipinski definition) is 4. The molecule has 27 heavy (non-hydrogen) atoms. The molecule has 2 heterocycles. The van der Waals surface area contributed by atoms with Gasteiger partial charge in [-0.15, -0.1) is 0 Å². The summed E-state index contributed by atoms with van der Waals surface area (Å²) in [5, 5.41) is 8.83. The molecule has 1 fully saturated rings. The van der Waals surface area contributed by atoms with E-state index >= 15 is 0 Å². The molecule has 0 radical (unpaired) electrons. The predicted molar refractivity (Wildman–Crippen MR) is 102 cm³/mol. The number of anilines is 1. The van der Waals surface area contributed by atoms with Crippen molar-refractivity contribution in [1.82, 2.24) is 15.6 Å². The van der Waals surface area contributed by atoms with E-state index in [2.05, 4.69) is 20.9 Å². The summed E-state index contributed by atoms with van der Waals surface area (Å²) < 4.78 is 19.6. The number of pyridine rings is 1. The summed E-state index contributed by atoms with van der Waals surface area (Å²) in [6, 6.07) is 9.49. The number of carbonyl (C=O) groups is 1. The third-order valence-corrected chi connectivity index (χ3v) is 4.53. The summed E-state index contributed by atoms with van der Waals surface area (Å²) in [5.74, 6) is 0.195. The van der Waals surface area contributed by atoms with Crippen LogP contribution in [-0.2, 0) is 6.61 Å². The van der Waals surface area contributed by atoms with E-state index in [-0.39, 0.29) is 18.4 Å². The Balaban J connectivity index is 1.43. The highest BCUT2D eigenvalue weighted by Gasteiger charge is 2.13. The number of hydrogen-bond donors (Lipinski definition) is 3. The minimum atomic E-state index is -0.531. The van der Waals surface area contributed by atoms with Gasteiger partial charge in [0.1, 0.15) is 6.61 Å². The smallest absolute Gasteiger partial charge is 0.319 e. The Bertz CT molecular complexity index is 736. The Kier molecular flexibility index (Phi) is 6.98. The number of nitrogens with zero attached hydrogens (tertiary/aromatic N) is 1. The van der Waals surface area contributed by atoms with E-state index in [1.165, 1.54) is 25.0 Å². The average Bonchev–Trinajstić information content (AvgIpc) is 2.69. The van der Waals surface area contributed by atoms with Gasteiger partial charge < -0.3 is 20.7 Å². The molecule has 1 atom stereocenters. The van der Waals surface area contributed by atoms with Crippen LogP contribution in [0.5, 0.6) is 5.75 Å². The number of aromatic nitrogens is 1. The third kappa shape index (κ3) is 6.21. The molecule has 0 spiro atoms. The highest BCUT2D eigenvalue weighted by Crippen LogP contribution is 2.22. The second kappa shape index (κ2) is 9.87.